The molecule has 1 aliphatic rings. The van der Waals surface area contributed by atoms with E-state index in [0.717, 1.165) is 31.0 Å². The van der Waals surface area contributed by atoms with Gasteiger partial charge in [-0.05, 0) is 24.6 Å². The van der Waals surface area contributed by atoms with Crippen LogP contribution < -0.4 is 11.1 Å². The van der Waals surface area contributed by atoms with E-state index in [1.807, 2.05) is 23.6 Å². The van der Waals surface area contributed by atoms with Crippen molar-refractivity contribution in [1.82, 2.24) is 4.90 Å². The normalized spacial score (nSPS) is 16.2. The number of anilines is 1. The van der Waals surface area contributed by atoms with E-state index in [1.54, 1.807) is 24.3 Å². The van der Waals surface area contributed by atoms with Crippen LogP contribution in [0.4, 0.5) is 5.69 Å². The lowest BCUT2D eigenvalue weighted by atomic mass is 10.1. The molecule has 0 aromatic heterocycles. The van der Waals surface area contributed by atoms with E-state index in [-0.39, 0.29) is 11.8 Å². The summed E-state index contributed by atoms with van der Waals surface area (Å²) in [6, 6.07) is 6.56. The Hall–Kier alpha value is -1.53. The molecule has 1 aromatic carbocycles. The summed E-state index contributed by atoms with van der Waals surface area (Å²) in [6.45, 7) is 3.55. The summed E-state index contributed by atoms with van der Waals surface area (Å²) in [5, 5.41) is 2.79. The molecule has 1 heterocycles. The SMILES string of the molecule is CCCC(N)C(=O)Nc1cccc(C(=O)N2CCSCC2)c1. The summed E-state index contributed by atoms with van der Waals surface area (Å²) in [5.41, 5.74) is 7.03. The number of amides is 2. The predicted molar refractivity (Wildman–Crippen MR) is 91.2 cm³/mol. The lowest BCUT2D eigenvalue weighted by molar-refractivity contribution is -0.117. The van der Waals surface area contributed by atoms with Gasteiger partial charge in [-0.25, -0.2) is 0 Å². The van der Waals surface area contributed by atoms with Crippen molar-refractivity contribution in [3.8, 4) is 0 Å². The standard InChI is InChI=1S/C16H23N3O2S/c1-2-4-14(17)15(20)18-13-6-3-5-12(11-13)16(21)19-7-9-22-10-8-19/h3,5-6,11,14H,2,4,7-10,17H2,1H3,(H,18,20). The summed E-state index contributed by atoms with van der Waals surface area (Å²) in [4.78, 5) is 26.3. The van der Waals surface area contributed by atoms with Crippen LogP contribution in [0.1, 0.15) is 30.1 Å². The van der Waals surface area contributed by atoms with Crippen molar-refractivity contribution < 1.29 is 9.59 Å². The van der Waals surface area contributed by atoms with Crippen molar-refractivity contribution in [2.24, 2.45) is 5.73 Å². The third-order valence-corrected chi connectivity index (χ3v) is 4.55. The first kappa shape index (κ1) is 16.8. The summed E-state index contributed by atoms with van der Waals surface area (Å²) in [7, 11) is 0. The molecule has 0 aliphatic carbocycles. The number of nitrogens with zero attached hydrogens (tertiary/aromatic N) is 1. The maximum Gasteiger partial charge on any atom is 0.253 e. The number of carbonyl (C=O) groups is 2. The Kier molecular flexibility index (Phi) is 6.27. The Morgan fingerprint density at radius 3 is 2.77 bits per heavy atom. The zero-order valence-corrected chi connectivity index (χ0v) is 13.7. The average molecular weight is 321 g/mol. The molecular formula is C16H23N3O2S. The van der Waals surface area contributed by atoms with E-state index in [9.17, 15) is 9.59 Å². The molecule has 0 spiro atoms. The van der Waals surface area contributed by atoms with Crippen LogP contribution in [-0.4, -0.2) is 47.4 Å². The van der Waals surface area contributed by atoms with Crippen LogP contribution in [0.25, 0.3) is 0 Å². The average Bonchev–Trinajstić information content (AvgIpc) is 2.55. The number of nitrogens with one attached hydrogen (secondary N) is 1. The quantitative estimate of drug-likeness (QED) is 0.869. The van der Waals surface area contributed by atoms with Gasteiger partial charge in [0.1, 0.15) is 0 Å². The van der Waals surface area contributed by atoms with Crippen molar-refractivity contribution in [2.45, 2.75) is 25.8 Å². The highest BCUT2D eigenvalue weighted by Gasteiger charge is 2.19. The zero-order chi connectivity index (χ0) is 15.9. The second kappa shape index (κ2) is 8.19. The molecule has 3 N–H and O–H groups in total. The lowest BCUT2D eigenvalue weighted by Gasteiger charge is -2.26. The van der Waals surface area contributed by atoms with E-state index in [1.165, 1.54) is 0 Å². The number of hydrogen-bond acceptors (Lipinski definition) is 4. The molecule has 1 fully saturated rings. The Morgan fingerprint density at radius 1 is 1.36 bits per heavy atom. The highest BCUT2D eigenvalue weighted by atomic mass is 32.2. The van der Waals surface area contributed by atoms with Crippen LogP contribution in [0.3, 0.4) is 0 Å². The molecule has 1 aromatic rings. The van der Waals surface area contributed by atoms with E-state index in [0.29, 0.717) is 17.7 Å². The van der Waals surface area contributed by atoms with Gasteiger partial charge >= 0.3 is 0 Å². The topological polar surface area (TPSA) is 75.4 Å². The summed E-state index contributed by atoms with van der Waals surface area (Å²) in [5.74, 6) is 1.78. The van der Waals surface area contributed by atoms with Crippen LogP contribution in [0.2, 0.25) is 0 Å². The number of thioether (sulfide) groups is 1. The van der Waals surface area contributed by atoms with Gasteiger partial charge in [-0.15, -0.1) is 0 Å². The number of rotatable bonds is 5. The van der Waals surface area contributed by atoms with Crippen molar-refractivity contribution in [1.29, 1.82) is 0 Å². The molecule has 1 aliphatic heterocycles. The van der Waals surface area contributed by atoms with Gasteiger partial charge in [0.05, 0.1) is 6.04 Å². The van der Waals surface area contributed by atoms with Gasteiger partial charge in [0.15, 0.2) is 0 Å². The molecule has 0 saturated carbocycles. The predicted octanol–water partition coefficient (Wildman–Crippen LogP) is 1.94. The maximum absolute atomic E-state index is 12.5. The van der Waals surface area contributed by atoms with Gasteiger partial charge < -0.3 is 16.0 Å². The summed E-state index contributed by atoms with van der Waals surface area (Å²) < 4.78 is 0. The second-order valence-electron chi connectivity index (χ2n) is 5.37. The van der Waals surface area contributed by atoms with Crippen molar-refractivity contribution in [3.05, 3.63) is 29.8 Å². The molecule has 22 heavy (non-hydrogen) atoms. The molecule has 1 saturated heterocycles. The van der Waals surface area contributed by atoms with E-state index < -0.39 is 6.04 Å². The molecule has 0 radical (unpaired) electrons. The highest BCUT2D eigenvalue weighted by Crippen LogP contribution is 2.16. The summed E-state index contributed by atoms with van der Waals surface area (Å²) in [6.07, 6.45) is 1.51. The molecule has 120 valence electrons. The van der Waals surface area contributed by atoms with Gasteiger partial charge in [0.2, 0.25) is 5.91 Å². The maximum atomic E-state index is 12.5. The van der Waals surface area contributed by atoms with E-state index in [4.69, 9.17) is 5.73 Å². The van der Waals surface area contributed by atoms with Gasteiger partial charge in [-0.1, -0.05) is 19.4 Å². The Morgan fingerprint density at radius 2 is 2.09 bits per heavy atom. The fourth-order valence-corrected chi connectivity index (χ4v) is 3.26. The number of benzene rings is 1. The third-order valence-electron chi connectivity index (χ3n) is 3.61. The Labute approximate surface area is 135 Å². The minimum atomic E-state index is -0.511. The first-order valence-corrected chi connectivity index (χ1v) is 8.81. The fourth-order valence-electron chi connectivity index (χ4n) is 2.36. The minimum Gasteiger partial charge on any atom is -0.337 e. The molecular weight excluding hydrogens is 298 g/mol. The largest absolute Gasteiger partial charge is 0.337 e. The van der Waals surface area contributed by atoms with Crippen LogP contribution in [-0.2, 0) is 4.79 Å². The molecule has 6 heteroatoms. The Balaban J connectivity index is 2.03. The van der Waals surface area contributed by atoms with Crippen molar-refractivity contribution in [2.75, 3.05) is 29.9 Å². The molecule has 1 atom stereocenters. The van der Waals surface area contributed by atoms with Crippen LogP contribution in [0.5, 0.6) is 0 Å². The molecule has 2 rings (SSSR count). The molecule has 1 unspecified atom stereocenters. The van der Waals surface area contributed by atoms with Gasteiger partial charge in [0.25, 0.3) is 5.91 Å². The molecule has 2 amide bonds. The molecule has 0 bridgehead atoms. The van der Waals surface area contributed by atoms with Crippen LogP contribution in [0, 0.1) is 0 Å². The second-order valence-corrected chi connectivity index (χ2v) is 6.59. The lowest BCUT2D eigenvalue weighted by Crippen LogP contribution is -2.38. The Bertz CT molecular complexity index is 530. The fraction of sp³-hybridized carbons (Fsp3) is 0.500. The third kappa shape index (κ3) is 4.48. The van der Waals surface area contributed by atoms with Crippen molar-refractivity contribution in [3.63, 3.8) is 0 Å². The highest BCUT2D eigenvalue weighted by molar-refractivity contribution is 7.99. The minimum absolute atomic E-state index is 0.0225. The van der Waals surface area contributed by atoms with E-state index in [2.05, 4.69) is 5.32 Å². The van der Waals surface area contributed by atoms with Crippen LogP contribution >= 0.6 is 11.8 Å². The van der Waals surface area contributed by atoms with Crippen LogP contribution in [0.15, 0.2) is 24.3 Å². The smallest absolute Gasteiger partial charge is 0.253 e. The summed E-state index contributed by atoms with van der Waals surface area (Å²) >= 11 is 1.87. The van der Waals surface area contributed by atoms with E-state index >= 15 is 0 Å². The number of hydrogen-bond donors (Lipinski definition) is 2. The number of carbonyl (C=O) groups excluding carboxylic acids is 2. The van der Waals surface area contributed by atoms with Crippen molar-refractivity contribution >= 4 is 29.3 Å². The molecule has 5 nitrogen and oxygen atoms in total. The van der Waals surface area contributed by atoms with Gasteiger partial charge in [-0.2, -0.15) is 11.8 Å². The monoisotopic (exact) mass is 321 g/mol. The zero-order valence-electron chi connectivity index (χ0n) is 12.9. The first-order chi connectivity index (χ1) is 10.6. The van der Waals surface area contributed by atoms with Gasteiger partial charge in [-0.3, -0.25) is 9.59 Å². The first-order valence-electron chi connectivity index (χ1n) is 7.65. The van der Waals surface area contributed by atoms with Gasteiger partial charge in [0, 0.05) is 35.8 Å². The number of nitrogens with two attached hydrogens (primary N) is 1.